The molecule has 0 saturated carbocycles. The van der Waals surface area contributed by atoms with E-state index in [4.69, 9.17) is 64.5 Å². The second-order valence-electron chi connectivity index (χ2n) is 18.7. The smallest absolute Gasteiger partial charge is 0.463 e. The molecule has 0 aromatic heterocycles. The number of esters is 6. The first-order valence-electron chi connectivity index (χ1n) is 25.3. The summed E-state index contributed by atoms with van der Waals surface area (Å²) in [5, 5.41) is 39.2. The molecule has 7 atom stereocenters. The van der Waals surface area contributed by atoms with E-state index >= 15 is 0 Å². The number of hydrogen-bond donors (Lipinski definition) is 1. The second kappa shape index (κ2) is 52.0. The van der Waals surface area contributed by atoms with Gasteiger partial charge in [-0.05, 0) is 85.6 Å². The van der Waals surface area contributed by atoms with Gasteiger partial charge in [-0.15, -0.1) is 0 Å². The summed E-state index contributed by atoms with van der Waals surface area (Å²) < 4.78 is 54.2. The van der Waals surface area contributed by atoms with Crippen LogP contribution < -0.4 is 29.6 Å². The minimum absolute atomic E-state index is 0. The molecule has 0 aliphatic carbocycles. The van der Waals surface area contributed by atoms with E-state index in [0.717, 1.165) is 0 Å². The number of allylic oxidation sites excluding steroid dienone is 1. The Morgan fingerprint density at radius 1 is 0.679 bits per heavy atom. The monoisotopic (exact) mass is 1160 g/mol. The van der Waals surface area contributed by atoms with Crippen molar-refractivity contribution in [2.24, 2.45) is 39.6 Å². The quantitative estimate of drug-likeness (QED) is 0.00915. The molecule has 7 unspecified atom stereocenters. The minimum atomic E-state index is -1.09. The van der Waals surface area contributed by atoms with Crippen molar-refractivity contribution in [3.05, 3.63) is 63.4 Å². The van der Waals surface area contributed by atoms with E-state index < -0.39 is 40.7 Å². The molecule has 0 amide bonds. The third-order valence-electron chi connectivity index (χ3n) is 10.5. The number of methoxy groups -OCH3 is 3. The number of azide groups is 1. The van der Waals surface area contributed by atoms with Crippen LogP contribution in [0.5, 0.6) is 0 Å². The van der Waals surface area contributed by atoms with Crippen molar-refractivity contribution in [1.29, 1.82) is 15.8 Å². The zero-order valence-corrected chi connectivity index (χ0v) is 51.4. The number of nitriles is 3. The largest absolute Gasteiger partial charge is 1.00 e. The summed E-state index contributed by atoms with van der Waals surface area (Å²) in [6.45, 7) is 26.9. The maximum Gasteiger partial charge on any atom is 1.00 e. The Hall–Kier alpha value is -6.11. The van der Waals surface area contributed by atoms with Gasteiger partial charge in [0.05, 0.1) is 86.6 Å². The van der Waals surface area contributed by atoms with Gasteiger partial charge < -0.3 is 68.3 Å². The fourth-order valence-corrected chi connectivity index (χ4v) is 5.87. The Morgan fingerprint density at radius 2 is 1.02 bits per heavy atom. The van der Waals surface area contributed by atoms with Gasteiger partial charge in [-0.25, -0.2) is 9.59 Å². The molecule has 2 aliphatic rings. The Labute approximate surface area is 498 Å². The Balaban J connectivity index is -0.000000326. The molecule has 2 fully saturated rings. The van der Waals surface area contributed by atoms with Crippen LogP contribution in [-0.4, -0.2) is 160 Å². The predicted octanol–water partition coefficient (Wildman–Crippen LogP) is 4.28. The van der Waals surface area contributed by atoms with Gasteiger partial charge in [0.1, 0.15) is 51.8 Å². The molecular formula is C53H84N9NaO18. The summed E-state index contributed by atoms with van der Waals surface area (Å²) >= 11 is 0. The van der Waals surface area contributed by atoms with Gasteiger partial charge >= 0.3 is 65.4 Å². The first-order chi connectivity index (χ1) is 37.8. The molecule has 2 saturated heterocycles. The molecule has 1 N–H and O–H groups in total. The summed E-state index contributed by atoms with van der Waals surface area (Å²) in [4.78, 5) is 74.1. The number of hydrogen-bond acceptors (Lipinski definition) is 22. The third-order valence-corrected chi connectivity index (χ3v) is 10.5. The average molecular weight is 1160 g/mol. The molecule has 0 aromatic rings. The number of ether oxygens (including phenoxy) is 11. The van der Waals surface area contributed by atoms with E-state index in [-0.39, 0.29) is 123 Å². The van der Waals surface area contributed by atoms with E-state index in [0.29, 0.717) is 83.1 Å². The maximum atomic E-state index is 12.3. The van der Waals surface area contributed by atoms with Crippen molar-refractivity contribution in [2.75, 3.05) is 101 Å². The summed E-state index contributed by atoms with van der Waals surface area (Å²) in [7, 11) is 4.59. The number of nitrogens with zero attached hydrogens (tertiary/aromatic N) is 9. The SMILES string of the molecule is C=C(C)C(=O)OCC1CO1.C=C(C)C(=O)OCCOC.C=CC#N.CCC(CC(C#N)CC(C)(C)C(=O)OCC(O)CN=[N+]=[N-])C(=O)OCCOC.CCC(CC(C#N)CC(C)(C)C(=O)OCC1CO1)C(=O)OCCOC.[N-]=[N+]=[N-].[Na+]. The van der Waals surface area contributed by atoms with Crippen molar-refractivity contribution in [1.82, 2.24) is 0 Å². The van der Waals surface area contributed by atoms with Gasteiger partial charge in [-0.1, -0.05) is 38.7 Å². The third kappa shape index (κ3) is 48.3. The number of carbonyl (C=O) groups is 6. The molecule has 0 spiro atoms. The second-order valence-corrected chi connectivity index (χ2v) is 18.7. The zero-order chi connectivity index (χ0) is 62.1. The van der Waals surface area contributed by atoms with Crippen molar-refractivity contribution in [3.8, 4) is 18.2 Å². The maximum absolute atomic E-state index is 12.3. The molecule has 450 valence electrons. The summed E-state index contributed by atoms with van der Waals surface area (Å²) in [6.07, 6.45) is 2.49. The number of aliphatic hydroxyl groups is 1. The van der Waals surface area contributed by atoms with Crippen LogP contribution in [0.3, 0.4) is 0 Å². The number of rotatable bonds is 33. The van der Waals surface area contributed by atoms with Crippen LogP contribution in [-0.2, 0) is 80.9 Å². The summed E-state index contributed by atoms with van der Waals surface area (Å²) in [5.41, 5.74) is 20.8. The molecule has 0 aromatic carbocycles. The molecule has 0 bridgehead atoms. The Kier molecular flexibility index (Phi) is 53.7. The van der Waals surface area contributed by atoms with E-state index in [1.165, 1.54) is 25.2 Å². The minimum Gasteiger partial charge on any atom is -0.463 e. The van der Waals surface area contributed by atoms with Crippen LogP contribution in [0.1, 0.15) is 93.9 Å². The van der Waals surface area contributed by atoms with E-state index in [9.17, 15) is 44.4 Å². The standard InChI is InChI=1S/C18H30N4O6.C18H29NO6.C7H10O3.C7H12O3.C3H3N.N3.Na/c1-5-14(16(24)27-7-6-26-4)8-13(10-19)9-18(2,3)17(25)28-12-15(23)11-21-22-20;1-5-14(16(20)23-7-6-22-4)8-13(10-19)9-18(2,3)17(21)25-12-15-11-24-15;1-5(2)7(8)10-4-6-3-9-6;1-6(2)7(8)10-5-4-9-3;1-2-3-4;1-3-2;/h13-15,23H,5-9,11-12H2,1-4H3;13-15H,5-9,11-12H2,1-4H3;6H,1,3-4H2,2H3;1,4-5H2,2-3H3;2H,1H2;;/q;;;;;-1;+1. The molecule has 0 radical (unpaired) electrons. The van der Waals surface area contributed by atoms with Gasteiger partial charge in [-0.2, -0.15) is 15.8 Å². The van der Waals surface area contributed by atoms with Crippen LogP contribution >= 0.6 is 0 Å². The Bertz CT molecular complexity index is 2090. The van der Waals surface area contributed by atoms with Crippen LogP contribution in [0.2, 0.25) is 0 Å². The molecule has 81 heavy (non-hydrogen) atoms. The number of epoxide rings is 2. The molecule has 2 heterocycles. The van der Waals surface area contributed by atoms with Gasteiger partial charge in [0.25, 0.3) is 0 Å². The van der Waals surface area contributed by atoms with Crippen LogP contribution in [0, 0.1) is 68.5 Å². The summed E-state index contributed by atoms with van der Waals surface area (Å²) in [5.74, 6) is -4.13. The molecule has 2 rings (SSSR count). The van der Waals surface area contributed by atoms with Crippen molar-refractivity contribution >= 4 is 35.8 Å². The number of carbonyl (C=O) groups excluding carboxylic acids is 6. The van der Waals surface area contributed by atoms with Gasteiger partial charge in [-0.3, -0.25) is 24.1 Å². The topological polar surface area (TPSA) is 410 Å². The van der Waals surface area contributed by atoms with Crippen LogP contribution in [0.15, 0.2) is 42.1 Å². The molecular weight excluding hydrogens is 1070 g/mol. The van der Waals surface area contributed by atoms with E-state index in [1.807, 2.05) is 13.8 Å². The fourth-order valence-electron chi connectivity index (χ4n) is 5.87. The summed E-state index contributed by atoms with van der Waals surface area (Å²) in [6, 6.07) is 6.05. The normalized spacial score (nSPS) is 14.8. The average Bonchev–Trinajstić information content (AvgIpc) is 4.38. The van der Waals surface area contributed by atoms with E-state index in [2.05, 4.69) is 51.4 Å². The van der Waals surface area contributed by atoms with Crippen molar-refractivity contribution in [2.45, 2.75) is 112 Å². The van der Waals surface area contributed by atoms with Gasteiger partial charge in [0, 0.05) is 55.3 Å². The first kappa shape index (κ1) is 83.7. The molecule has 2 aliphatic heterocycles. The molecule has 28 heteroatoms. The van der Waals surface area contributed by atoms with E-state index in [1.54, 1.807) is 54.7 Å². The van der Waals surface area contributed by atoms with Gasteiger partial charge in [0.15, 0.2) is 0 Å². The predicted molar refractivity (Wildman–Crippen MR) is 288 cm³/mol. The van der Waals surface area contributed by atoms with Gasteiger partial charge in [0.2, 0.25) is 0 Å². The zero-order valence-electron chi connectivity index (χ0n) is 49.4. The first-order valence-corrected chi connectivity index (χ1v) is 25.3. The molecule has 27 nitrogen and oxygen atoms in total. The number of aliphatic hydroxyl groups excluding tert-OH is 1. The van der Waals surface area contributed by atoms with Crippen molar-refractivity contribution < 1.29 is 116 Å². The van der Waals surface area contributed by atoms with Crippen molar-refractivity contribution in [3.63, 3.8) is 0 Å². The Morgan fingerprint density at radius 3 is 1.33 bits per heavy atom. The van der Waals surface area contributed by atoms with Crippen LogP contribution in [0.4, 0.5) is 0 Å². The fraction of sp³-hybridized carbons (Fsp3) is 0.717. The van der Waals surface area contributed by atoms with Crippen LogP contribution in [0.25, 0.3) is 26.4 Å².